The Morgan fingerprint density at radius 2 is 1.72 bits per heavy atom. The third kappa shape index (κ3) is 5.57. The zero-order chi connectivity index (χ0) is 28.8. The molecule has 3 aromatic rings. The average Bonchev–Trinajstić information content (AvgIpc) is 3.49. The quantitative estimate of drug-likeness (QED) is 0.349. The second-order valence-electron chi connectivity index (χ2n) is 11.5. The fourth-order valence-electron chi connectivity index (χ4n) is 5.45. The van der Waals surface area contributed by atoms with Crippen LogP contribution in [0.5, 0.6) is 0 Å². The van der Waals surface area contributed by atoms with Crippen LogP contribution in [0.15, 0.2) is 54.2 Å². The van der Waals surface area contributed by atoms with E-state index in [1.54, 1.807) is 23.7 Å². The summed E-state index contributed by atoms with van der Waals surface area (Å²) in [5, 5.41) is 12.9. The molecule has 3 heterocycles. The molecule has 0 radical (unpaired) electrons. The molecule has 6 nitrogen and oxygen atoms in total. The Balaban J connectivity index is 1.88. The molecule has 0 unspecified atom stereocenters. The lowest BCUT2D eigenvalue weighted by Gasteiger charge is -2.38. The van der Waals surface area contributed by atoms with Crippen LogP contribution in [0.2, 0.25) is 0 Å². The maximum absolute atomic E-state index is 14.2. The van der Waals surface area contributed by atoms with Gasteiger partial charge in [-0.2, -0.15) is 13.2 Å². The first kappa shape index (κ1) is 28.7. The summed E-state index contributed by atoms with van der Waals surface area (Å²) in [5.74, 6) is -2.39. The third-order valence-corrected chi connectivity index (χ3v) is 8.08. The van der Waals surface area contributed by atoms with Gasteiger partial charge in [-0.1, -0.05) is 46.8 Å². The summed E-state index contributed by atoms with van der Waals surface area (Å²) < 4.78 is 39.7. The van der Waals surface area contributed by atoms with Gasteiger partial charge in [0.15, 0.2) is 0 Å². The molecular formula is C29H32F3N3O3S. The lowest BCUT2D eigenvalue weighted by atomic mass is 9.82. The SMILES string of the molecule is CC(C)C[C@@]1(C(=O)O)C[C@@H](c2ccc(C(F)(F)F)cn2)[C@H](c2nccs2)N1C(=O)c1ccc(C(C)(C)C)cc1. The first-order valence-electron chi connectivity index (χ1n) is 12.8. The largest absolute Gasteiger partial charge is 0.479 e. The smallest absolute Gasteiger partial charge is 0.417 e. The van der Waals surface area contributed by atoms with Crippen molar-refractivity contribution in [1.82, 2.24) is 14.9 Å². The number of thiazole rings is 1. The van der Waals surface area contributed by atoms with Crippen molar-refractivity contribution in [2.75, 3.05) is 0 Å². The van der Waals surface area contributed by atoms with Gasteiger partial charge in [0, 0.05) is 34.9 Å². The van der Waals surface area contributed by atoms with Crippen molar-refractivity contribution < 1.29 is 27.9 Å². The number of likely N-dealkylation sites (tertiary alicyclic amines) is 1. The molecule has 0 saturated carbocycles. The van der Waals surface area contributed by atoms with Crippen LogP contribution in [0.25, 0.3) is 0 Å². The molecule has 1 N–H and O–H groups in total. The number of carbonyl (C=O) groups excluding carboxylic acids is 1. The van der Waals surface area contributed by atoms with Crippen molar-refractivity contribution in [2.45, 2.75) is 76.6 Å². The Hall–Kier alpha value is -3.27. The molecule has 39 heavy (non-hydrogen) atoms. The second kappa shape index (κ2) is 10.4. The van der Waals surface area contributed by atoms with Gasteiger partial charge in [-0.15, -0.1) is 11.3 Å². The molecule has 1 saturated heterocycles. The third-order valence-electron chi connectivity index (χ3n) is 7.24. The van der Waals surface area contributed by atoms with Crippen LogP contribution in [0.3, 0.4) is 0 Å². The van der Waals surface area contributed by atoms with Gasteiger partial charge in [-0.3, -0.25) is 9.78 Å². The molecule has 1 amide bonds. The molecule has 208 valence electrons. The number of carbonyl (C=O) groups is 2. The summed E-state index contributed by atoms with van der Waals surface area (Å²) in [6.07, 6.45) is -2.07. The van der Waals surface area contributed by atoms with E-state index in [4.69, 9.17) is 0 Å². The zero-order valence-corrected chi connectivity index (χ0v) is 23.3. The Morgan fingerprint density at radius 1 is 1.08 bits per heavy atom. The van der Waals surface area contributed by atoms with Crippen molar-refractivity contribution in [3.63, 3.8) is 0 Å². The topological polar surface area (TPSA) is 83.4 Å². The predicted octanol–water partition coefficient (Wildman–Crippen LogP) is 7.09. The second-order valence-corrected chi connectivity index (χ2v) is 12.5. The summed E-state index contributed by atoms with van der Waals surface area (Å²) >= 11 is 1.27. The molecule has 4 rings (SSSR count). The summed E-state index contributed by atoms with van der Waals surface area (Å²) in [7, 11) is 0. The van der Waals surface area contributed by atoms with Crippen molar-refractivity contribution in [3.8, 4) is 0 Å². The molecule has 2 aromatic heterocycles. The molecule has 10 heteroatoms. The fraction of sp³-hybridized carbons (Fsp3) is 0.448. The average molecular weight is 560 g/mol. The van der Waals surface area contributed by atoms with Crippen molar-refractivity contribution >= 4 is 23.2 Å². The van der Waals surface area contributed by atoms with Gasteiger partial charge >= 0.3 is 12.1 Å². The van der Waals surface area contributed by atoms with E-state index >= 15 is 0 Å². The highest BCUT2D eigenvalue weighted by Gasteiger charge is 2.60. The van der Waals surface area contributed by atoms with Crippen molar-refractivity contribution in [1.29, 1.82) is 0 Å². The highest BCUT2D eigenvalue weighted by atomic mass is 32.1. The van der Waals surface area contributed by atoms with E-state index < -0.39 is 41.1 Å². The predicted molar refractivity (Wildman–Crippen MR) is 143 cm³/mol. The molecule has 3 atom stereocenters. The molecule has 1 aromatic carbocycles. The molecule has 0 aliphatic carbocycles. The van der Waals surface area contributed by atoms with Crippen LogP contribution in [0, 0.1) is 5.92 Å². The first-order valence-corrected chi connectivity index (χ1v) is 13.6. The molecular weight excluding hydrogens is 527 g/mol. The minimum atomic E-state index is -4.56. The van der Waals surface area contributed by atoms with Crippen molar-refractivity contribution in [2.24, 2.45) is 5.92 Å². The lowest BCUT2D eigenvalue weighted by Crippen LogP contribution is -2.54. The van der Waals surface area contributed by atoms with Crippen LogP contribution >= 0.6 is 11.3 Å². The number of benzene rings is 1. The normalized spacial score (nSPS) is 21.9. The van der Waals surface area contributed by atoms with Gasteiger partial charge < -0.3 is 10.0 Å². The highest BCUT2D eigenvalue weighted by molar-refractivity contribution is 7.09. The monoisotopic (exact) mass is 559 g/mol. The maximum atomic E-state index is 14.2. The Morgan fingerprint density at radius 3 is 2.18 bits per heavy atom. The Kier molecular flexibility index (Phi) is 7.64. The summed E-state index contributed by atoms with van der Waals surface area (Å²) in [6.45, 7) is 9.94. The number of nitrogens with zero attached hydrogens (tertiary/aromatic N) is 3. The van der Waals surface area contributed by atoms with Crippen LogP contribution in [-0.4, -0.2) is 37.4 Å². The number of halogens is 3. The van der Waals surface area contributed by atoms with Gasteiger partial charge in [0.05, 0.1) is 11.6 Å². The standard InChI is InChI=1S/C29H32F3N3O3S/c1-17(2)14-28(26(37)38)15-21(22-11-10-20(16-34-22)29(30,31)32)23(24-33-12-13-39-24)35(28)25(36)18-6-8-19(9-7-18)27(3,4)5/h6-13,16-17,21,23H,14-15H2,1-5H3,(H,37,38)/t21-,23+,28-/m0/s1. The Labute approximate surface area is 229 Å². The number of pyridine rings is 1. The number of hydrogen-bond acceptors (Lipinski definition) is 5. The number of hydrogen-bond donors (Lipinski definition) is 1. The van der Waals surface area contributed by atoms with Gasteiger partial charge in [0.2, 0.25) is 0 Å². The van der Waals surface area contributed by atoms with Crippen LogP contribution < -0.4 is 0 Å². The fourth-order valence-corrected chi connectivity index (χ4v) is 6.24. The minimum absolute atomic E-state index is 0.00502. The maximum Gasteiger partial charge on any atom is 0.417 e. The lowest BCUT2D eigenvalue weighted by molar-refractivity contribution is -0.150. The van der Waals surface area contributed by atoms with E-state index in [0.717, 1.165) is 17.8 Å². The molecule has 1 fully saturated rings. The number of rotatable bonds is 6. The number of carboxylic acids is 1. The van der Waals surface area contributed by atoms with Crippen molar-refractivity contribution in [3.05, 3.63) is 81.6 Å². The van der Waals surface area contributed by atoms with Crippen LogP contribution in [0.1, 0.15) is 91.6 Å². The van der Waals surface area contributed by atoms with E-state index in [2.05, 4.69) is 30.7 Å². The number of aromatic nitrogens is 2. The molecule has 1 aliphatic rings. The van der Waals surface area contributed by atoms with Gasteiger partial charge in [-0.25, -0.2) is 9.78 Å². The molecule has 1 aliphatic heterocycles. The number of carboxylic acid groups (broad SMARTS) is 1. The van der Waals surface area contributed by atoms with E-state index in [1.165, 1.54) is 22.3 Å². The van der Waals surface area contributed by atoms with Crippen LogP contribution in [0.4, 0.5) is 13.2 Å². The van der Waals surface area contributed by atoms with Crippen LogP contribution in [-0.2, 0) is 16.4 Å². The summed E-state index contributed by atoms with van der Waals surface area (Å²) in [5.41, 5.74) is -1.00. The Bertz CT molecular complexity index is 1320. The van der Waals surface area contributed by atoms with E-state index in [1.807, 2.05) is 26.0 Å². The number of alkyl halides is 3. The highest BCUT2D eigenvalue weighted by Crippen LogP contribution is 2.54. The summed E-state index contributed by atoms with van der Waals surface area (Å²) in [4.78, 5) is 37.3. The summed E-state index contributed by atoms with van der Waals surface area (Å²) in [6, 6.07) is 8.53. The van der Waals surface area contributed by atoms with Gasteiger partial charge in [0.1, 0.15) is 10.5 Å². The number of aliphatic carboxylic acids is 1. The zero-order valence-electron chi connectivity index (χ0n) is 22.5. The molecule has 0 bridgehead atoms. The van der Waals surface area contributed by atoms with E-state index in [-0.39, 0.29) is 29.9 Å². The van der Waals surface area contributed by atoms with Gasteiger partial charge in [0.25, 0.3) is 5.91 Å². The minimum Gasteiger partial charge on any atom is -0.479 e. The number of amides is 1. The first-order chi connectivity index (χ1) is 18.1. The van der Waals surface area contributed by atoms with E-state index in [0.29, 0.717) is 10.6 Å². The molecule has 0 spiro atoms. The van der Waals surface area contributed by atoms with Gasteiger partial charge in [-0.05, 0) is 54.0 Å². The van der Waals surface area contributed by atoms with E-state index in [9.17, 15) is 27.9 Å².